The van der Waals surface area contributed by atoms with Crippen LogP contribution in [0.25, 0.3) is 0 Å². The van der Waals surface area contributed by atoms with Crippen molar-refractivity contribution in [1.29, 1.82) is 0 Å². The van der Waals surface area contributed by atoms with Crippen LogP contribution in [0.1, 0.15) is 56.2 Å². The lowest BCUT2D eigenvalue weighted by atomic mass is 10.1. The van der Waals surface area contributed by atoms with Gasteiger partial charge in [0.25, 0.3) is 0 Å². The van der Waals surface area contributed by atoms with Crippen molar-refractivity contribution in [1.82, 2.24) is 20.4 Å². The number of urea groups is 1. The summed E-state index contributed by atoms with van der Waals surface area (Å²) in [6.07, 6.45) is 4.05. The van der Waals surface area contributed by atoms with Crippen molar-refractivity contribution in [3.63, 3.8) is 0 Å². The van der Waals surface area contributed by atoms with Crippen LogP contribution in [0.4, 0.5) is 4.79 Å². The Labute approximate surface area is 130 Å². The molecular formula is C15H24N4O3. The average molecular weight is 308 g/mol. The molecule has 1 unspecified atom stereocenters. The Morgan fingerprint density at radius 1 is 1.41 bits per heavy atom. The highest BCUT2D eigenvalue weighted by Crippen LogP contribution is 2.39. The Morgan fingerprint density at radius 3 is 3.05 bits per heavy atom. The minimum atomic E-state index is -0.00934. The maximum Gasteiger partial charge on any atom is 0.317 e. The van der Waals surface area contributed by atoms with Crippen LogP contribution in [0.3, 0.4) is 0 Å². The predicted molar refractivity (Wildman–Crippen MR) is 79.7 cm³/mol. The molecule has 1 aromatic heterocycles. The number of aromatic nitrogens is 2. The predicted octanol–water partition coefficient (Wildman–Crippen LogP) is 1.87. The van der Waals surface area contributed by atoms with E-state index in [1.54, 1.807) is 0 Å². The van der Waals surface area contributed by atoms with Crippen LogP contribution in [-0.4, -0.2) is 53.9 Å². The van der Waals surface area contributed by atoms with Gasteiger partial charge in [-0.05, 0) is 32.6 Å². The molecule has 1 atom stereocenters. The van der Waals surface area contributed by atoms with E-state index < -0.39 is 0 Å². The zero-order valence-electron chi connectivity index (χ0n) is 13.1. The fourth-order valence-corrected chi connectivity index (χ4v) is 2.69. The Kier molecular flexibility index (Phi) is 4.92. The van der Waals surface area contributed by atoms with Gasteiger partial charge in [0.1, 0.15) is 0 Å². The van der Waals surface area contributed by atoms with Crippen molar-refractivity contribution in [2.45, 2.75) is 44.4 Å². The van der Waals surface area contributed by atoms with E-state index in [4.69, 9.17) is 9.26 Å². The standard InChI is InChI=1S/C15H24N4O3/c1-2-21-9-3-7-16-15(20)19-8-6-12(10-19)13-17-14(22-18-13)11-4-5-11/h11-12H,2-10H2,1H3,(H,16,20). The lowest BCUT2D eigenvalue weighted by Crippen LogP contribution is -2.39. The number of hydrogen-bond acceptors (Lipinski definition) is 5. The maximum atomic E-state index is 12.1. The van der Waals surface area contributed by atoms with Crippen LogP contribution < -0.4 is 5.32 Å². The highest BCUT2D eigenvalue weighted by atomic mass is 16.5. The average Bonchev–Trinajstić information content (AvgIpc) is 3.06. The Bertz CT molecular complexity index is 501. The van der Waals surface area contributed by atoms with Gasteiger partial charge in [0.05, 0.1) is 0 Å². The summed E-state index contributed by atoms with van der Waals surface area (Å²) in [6, 6.07) is -0.00934. The lowest BCUT2D eigenvalue weighted by Gasteiger charge is -2.16. The summed E-state index contributed by atoms with van der Waals surface area (Å²) in [5.74, 6) is 2.21. The molecule has 0 spiro atoms. The van der Waals surface area contributed by atoms with E-state index in [-0.39, 0.29) is 11.9 Å². The number of nitrogens with zero attached hydrogens (tertiary/aromatic N) is 3. The van der Waals surface area contributed by atoms with Crippen molar-refractivity contribution in [3.8, 4) is 0 Å². The summed E-state index contributed by atoms with van der Waals surface area (Å²) < 4.78 is 10.6. The molecule has 2 heterocycles. The molecule has 2 aliphatic rings. The van der Waals surface area contributed by atoms with Gasteiger partial charge in [-0.2, -0.15) is 4.98 Å². The van der Waals surface area contributed by atoms with Gasteiger partial charge in [-0.15, -0.1) is 0 Å². The van der Waals surface area contributed by atoms with Crippen molar-refractivity contribution < 1.29 is 14.1 Å². The van der Waals surface area contributed by atoms with E-state index in [2.05, 4.69) is 15.5 Å². The van der Waals surface area contributed by atoms with E-state index in [0.29, 0.717) is 25.6 Å². The van der Waals surface area contributed by atoms with Crippen molar-refractivity contribution in [3.05, 3.63) is 11.7 Å². The first-order valence-corrected chi connectivity index (χ1v) is 8.22. The molecule has 1 saturated carbocycles. The summed E-state index contributed by atoms with van der Waals surface area (Å²) in [7, 11) is 0. The maximum absolute atomic E-state index is 12.1. The van der Waals surface area contributed by atoms with Crippen LogP contribution in [0.15, 0.2) is 4.52 Å². The zero-order chi connectivity index (χ0) is 15.4. The fraction of sp³-hybridized carbons (Fsp3) is 0.800. The van der Waals surface area contributed by atoms with Gasteiger partial charge in [-0.3, -0.25) is 0 Å². The van der Waals surface area contributed by atoms with Gasteiger partial charge in [0, 0.05) is 44.7 Å². The minimum Gasteiger partial charge on any atom is -0.382 e. The first-order chi connectivity index (χ1) is 10.8. The van der Waals surface area contributed by atoms with E-state index in [1.165, 1.54) is 0 Å². The molecule has 3 rings (SSSR count). The molecule has 7 nitrogen and oxygen atoms in total. The van der Waals surface area contributed by atoms with E-state index in [9.17, 15) is 4.79 Å². The molecule has 0 aromatic carbocycles. The Hall–Kier alpha value is -1.63. The summed E-state index contributed by atoms with van der Waals surface area (Å²) >= 11 is 0. The second-order valence-electron chi connectivity index (χ2n) is 5.98. The smallest absolute Gasteiger partial charge is 0.317 e. The number of nitrogens with one attached hydrogen (secondary N) is 1. The molecule has 1 aliphatic heterocycles. The summed E-state index contributed by atoms with van der Waals surface area (Å²) in [5, 5.41) is 7.02. The van der Waals surface area contributed by atoms with Crippen molar-refractivity contribution in [2.24, 2.45) is 0 Å². The van der Waals surface area contributed by atoms with Gasteiger partial charge < -0.3 is 19.5 Å². The number of hydrogen-bond donors (Lipinski definition) is 1. The first kappa shape index (κ1) is 15.3. The van der Waals surface area contributed by atoms with Crippen LogP contribution in [0.5, 0.6) is 0 Å². The molecule has 0 bridgehead atoms. The third kappa shape index (κ3) is 3.76. The molecular weight excluding hydrogens is 284 g/mol. The third-order valence-corrected chi connectivity index (χ3v) is 4.17. The number of amides is 2. The van der Waals surface area contributed by atoms with E-state index >= 15 is 0 Å². The van der Waals surface area contributed by atoms with Crippen molar-refractivity contribution >= 4 is 6.03 Å². The molecule has 22 heavy (non-hydrogen) atoms. The van der Waals surface area contributed by atoms with Crippen LogP contribution in [0.2, 0.25) is 0 Å². The number of carbonyl (C=O) groups is 1. The highest BCUT2D eigenvalue weighted by molar-refractivity contribution is 5.74. The molecule has 1 N–H and O–H groups in total. The summed E-state index contributed by atoms with van der Waals surface area (Å²) in [5.41, 5.74) is 0. The second kappa shape index (κ2) is 7.09. The molecule has 0 radical (unpaired) electrons. The number of carbonyl (C=O) groups excluding carboxylic acids is 1. The SMILES string of the molecule is CCOCCCNC(=O)N1CCC(c2noc(C3CC3)n2)C1. The number of ether oxygens (including phenoxy) is 1. The van der Waals surface area contributed by atoms with Crippen LogP contribution >= 0.6 is 0 Å². The molecule has 122 valence electrons. The minimum absolute atomic E-state index is 0.00934. The largest absolute Gasteiger partial charge is 0.382 e. The van der Waals surface area contributed by atoms with Crippen LogP contribution in [0, 0.1) is 0 Å². The first-order valence-electron chi connectivity index (χ1n) is 8.22. The van der Waals surface area contributed by atoms with Gasteiger partial charge in [0.2, 0.25) is 5.89 Å². The van der Waals surface area contributed by atoms with E-state index in [1.807, 2.05) is 11.8 Å². The normalized spacial score (nSPS) is 21.3. The summed E-state index contributed by atoms with van der Waals surface area (Å²) in [6.45, 7) is 5.43. The van der Waals surface area contributed by atoms with Crippen LogP contribution in [-0.2, 0) is 4.74 Å². The van der Waals surface area contributed by atoms with Gasteiger partial charge >= 0.3 is 6.03 Å². The fourth-order valence-electron chi connectivity index (χ4n) is 2.69. The quantitative estimate of drug-likeness (QED) is 0.778. The molecule has 1 aliphatic carbocycles. The monoisotopic (exact) mass is 308 g/mol. The third-order valence-electron chi connectivity index (χ3n) is 4.17. The van der Waals surface area contributed by atoms with Gasteiger partial charge in [-0.25, -0.2) is 4.79 Å². The Morgan fingerprint density at radius 2 is 2.27 bits per heavy atom. The number of rotatable bonds is 7. The zero-order valence-corrected chi connectivity index (χ0v) is 13.1. The molecule has 7 heteroatoms. The summed E-state index contributed by atoms with van der Waals surface area (Å²) in [4.78, 5) is 18.4. The lowest BCUT2D eigenvalue weighted by molar-refractivity contribution is 0.144. The molecule has 2 fully saturated rings. The second-order valence-corrected chi connectivity index (χ2v) is 5.98. The van der Waals surface area contributed by atoms with Gasteiger partial charge in [0.15, 0.2) is 5.82 Å². The molecule has 2 amide bonds. The topological polar surface area (TPSA) is 80.5 Å². The van der Waals surface area contributed by atoms with Gasteiger partial charge in [-0.1, -0.05) is 5.16 Å². The van der Waals surface area contributed by atoms with E-state index in [0.717, 1.165) is 50.6 Å². The molecule has 1 aromatic rings. The Balaban J connectivity index is 1.41. The van der Waals surface area contributed by atoms with Crippen molar-refractivity contribution in [2.75, 3.05) is 32.8 Å². The number of likely N-dealkylation sites (tertiary alicyclic amines) is 1. The highest BCUT2D eigenvalue weighted by Gasteiger charge is 2.34. The molecule has 1 saturated heterocycles.